The first-order valence-electron chi connectivity index (χ1n) is 12.2. The Labute approximate surface area is 258 Å². The van der Waals surface area contributed by atoms with Crippen LogP contribution in [0.25, 0.3) is 11.1 Å². The summed E-state index contributed by atoms with van der Waals surface area (Å²) in [5.41, 5.74) is 3.06. The smallest absolute Gasteiger partial charge is 0.339 e. The van der Waals surface area contributed by atoms with Crippen LogP contribution in [0.5, 0.6) is 11.5 Å². The number of carbonyl (C=O) groups is 2. The minimum atomic E-state index is -5.02. The third-order valence-electron chi connectivity index (χ3n) is 5.92. The van der Waals surface area contributed by atoms with Crippen LogP contribution in [-0.2, 0) is 20.2 Å². The van der Waals surface area contributed by atoms with Crippen molar-refractivity contribution in [2.75, 3.05) is 10.9 Å². The molecular weight excluding hydrogens is 652 g/mol. The van der Waals surface area contributed by atoms with Gasteiger partial charge in [0.25, 0.3) is 20.2 Å². The van der Waals surface area contributed by atoms with Gasteiger partial charge in [-0.05, 0) is 60.7 Å². The first kappa shape index (κ1) is 32.9. The van der Waals surface area contributed by atoms with Crippen molar-refractivity contribution >= 4 is 54.9 Å². The second kappa shape index (κ2) is 13.0. The number of carboxylic acid groups (broad SMARTS) is 2. The highest BCUT2D eigenvalue weighted by molar-refractivity contribution is 7.86. The molecule has 0 spiro atoms. The Morgan fingerprint density at radius 3 is 1.26 bits per heavy atom. The summed E-state index contributed by atoms with van der Waals surface area (Å²) in [6.07, 6.45) is 0. The summed E-state index contributed by atoms with van der Waals surface area (Å²) < 4.78 is 69.0. The van der Waals surface area contributed by atoms with Crippen molar-refractivity contribution in [1.29, 1.82) is 0 Å². The van der Waals surface area contributed by atoms with E-state index in [0.29, 0.717) is 0 Å². The summed E-state index contributed by atoms with van der Waals surface area (Å²) >= 11 is 0. The summed E-state index contributed by atoms with van der Waals surface area (Å²) in [5.74, 6) is -3.84. The molecule has 0 aliphatic carbocycles. The van der Waals surface area contributed by atoms with E-state index in [2.05, 4.69) is 31.5 Å². The van der Waals surface area contributed by atoms with Crippen molar-refractivity contribution in [1.82, 2.24) is 0 Å². The van der Waals surface area contributed by atoms with Crippen LogP contribution >= 0.6 is 0 Å². The Balaban J connectivity index is 1.65. The van der Waals surface area contributed by atoms with Crippen molar-refractivity contribution in [3.63, 3.8) is 0 Å². The maximum atomic E-state index is 12.3. The van der Waals surface area contributed by atoms with Gasteiger partial charge in [-0.3, -0.25) is 20.0 Å². The van der Waals surface area contributed by atoms with E-state index in [0.717, 1.165) is 48.5 Å². The second-order valence-corrected chi connectivity index (χ2v) is 11.8. The maximum absolute atomic E-state index is 12.3. The molecule has 0 saturated heterocycles. The van der Waals surface area contributed by atoms with Crippen LogP contribution in [0.3, 0.4) is 0 Å². The molecule has 0 heterocycles. The highest BCUT2D eigenvalue weighted by atomic mass is 32.2. The number of aromatic hydroxyl groups is 2. The number of hydrogen-bond donors (Lipinski definition) is 8. The van der Waals surface area contributed by atoms with E-state index in [1.54, 1.807) is 0 Å². The zero-order valence-electron chi connectivity index (χ0n) is 22.7. The lowest BCUT2D eigenvalue weighted by Gasteiger charge is -2.13. The molecule has 18 nitrogen and oxygen atoms in total. The molecule has 0 aliphatic rings. The molecule has 0 bridgehead atoms. The zero-order chi connectivity index (χ0) is 33.8. The van der Waals surface area contributed by atoms with E-state index < -0.39 is 64.6 Å². The summed E-state index contributed by atoms with van der Waals surface area (Å²) in [6.45, 7) is 0. The Morgan fingerprint density at radius 1 is 0.565 bits per heavy atom. The van der Waals surface area contributed by atoms with Crippen LogP contribution in [0, 0.1) is 0 Å². The summed E-state index contributed by atoms with van der Waals surface area (Å²) in [4.78, 5) is 20.8. The number of phenols is 2. The Hall–Kier alpha value is -5.96. The standard InChI is InChI=1S/C26H20N6O12S2/c33-21-7-3-13(9-19(21)25(35)36)27-31-29-15-1-5-17(23(11-15)45(39,40)41)18-6-2-16(12-24(18)46(42,43)44)30-32-28-14-4-8-22(34)20(10-14)26(37)38/h1-12,33-34H,(H,27,29)(H,28,30)(H,35,36)(H,37,38)(H,39,40,41)(H,42,43,44). The number of nitrogens with one attached hydrogen (secondary N) is 2. The predicted molar refractivity (Wildman–Crippen MR) is 158 cm³/mol. The SMILES string of the molecule is O=C(O)c1cc(N=NNc2ccc(-c3ccc(NN=Nc4ccc(O)c(C(=O)O)c4)cc3S(=O)(=O)O)c(S(=O)(=O)O)c2)ccc1O. The molecule has 46 heavy (non-hydrogen) atoms. The lowest BCUT2D eigenvalue weighted by atomic mass is 10.0. The Kier molecular flexibility index (Phi) is 9.28. The van der Waals surface area contributed by atoms with E-state index in [1.165, 1.54) is 24.3 Å². The fourth-order valence-electron chi connectivity index (χ4n) is 3.85. The molecule has 238 valence electrons. The number of nitrogens with zero attached hydrogens (tertiary/aromatic N) is 4. The summed E-state index contributed by atoms with van der Waals surface area (Å²) in [5, 5.41) is 52.1. The zero-order valence-corrected chi connectivity index (χ0v) is 24.3. The topological polar surface area (TPSA) is 297 Å². The third kappa shape index (κ3) is 7.75. The fraction of sp³-hybridized carbons (Fsp3) is 0. The second-order valence-electron chi connectivity index (χ2n) is 9.01. The van der Waals surface area contributed by atoms with Gasteiger partial charge in [-0.25, -0.2) is 9.59 Å². The molecule has 4 rings (SSSR count). The monoisotopic (exact) mass is 672 g/mol. The van der Waals surface area contributed by atoms with Crippen LogP contribution < -0.4 is 10.9 Å². The van der Waals surface area contributed by atoms with Crippen LogP contribution in [0.1, 0.15) is 20.7 Å². The van der Waals surface area contributed by atoms with Gasteiger partial charge in [0, 0.05) is 11.1 Å². The number of aromatic carboxylic acids is 2. The van der Waals surface area contributed by atoms with Crippen molar-refractivity contribution in [3.05, 3.63) is 83.9 Å². The predicted octanol–water partition coefficient (Wildman–Crippen LogP) is 4.88. The minimum absolute atomic E-state index is 0.00780. The van der Waals surface area contributed by atoms with Crippen LogP contribution in [0.2, 0.25) is 0 Å². The highest BCUT2D eigenvalue weighted by Gasteiger charge is 2.24. The summed E-state index contributed by atoms with van der Waals surface area (Å²) in [7, 11) is -10.0. The van der Waals surface area contributed by atoms with Crippen LogP contribution in [-0.4, -0.2) is 58.3 Å². The minimum Gasteiger partial charge on any atom is -0.507 e. The van der Waals surface area contributed by atoms with E-state index in [-0.39, 0.29) is 33.9 Å². The van der Waals surface area contributed by atoms with Crippen molar-refractivity contribution in [3.8, 4) is 22.6 Å². The molecule has 8 N–H and O–H groups in total. The first-order valence-corrected chi connectivity index (χ1v) is 15.1. The fourth-order valence-corrected chi connectivity index (χ4v) is 5.32. The largest absolute Gasteiger partial charge is 0.507 e. The van der Waals surface area contributed by atoms with Gasteiger partial charge < -0.3 is 20.4 Å². The number of anilines is 2. The van der Waals surface area contributed by atoms with E-state index in [1.807, 2.05) is 0 Å². The number of benzene rings is 4. The lowest BCUT2D eigenvalue weighted by molar-refractivity contribution is 0.0682. The van der Waals surface area contributed by atoms with Crippen molar-refractivity contribution in [2.45, 2.75) is 9.79 Å². The van der Waals surface area contributed by atoms with Crippen molar-refractivity contribution in [2.24, 2.45) is 20.7 Å². The van der Waals surface area contributed by atoms with Gasteiger partial charge in [0.15, 0.2) is 0 Å². The van der Waals surface area contributed by atoms with Gasteiger partial charge in [0.1, 0.15) is 32.4 Å². The molecule has 0 aromatic heterocycles. The van der Waals surface area contributed by atoms with E-state index >= 15 is 0 Å². The van der Waals surface area contributed by atoms with E-state index in [9.17, 15) is 45.7 Å². The van der Waals surface area contributed by atoms with Gasteiger partial charge in [-0.15, -0.1) is 10.2 Å². The molecule has 4 aromatic rings. The third-order valence-corrected chi connectivity index (χ3v) is 7.71. The van der Waals surface area contributed by atoms with Gasteiger partial charge in [0.2, 0.25) is 0 Å². The van der Waals surface area contributed by atoms with Gasteiger partial charge in [-0.1, -0.05) is 22.6 Å². The Morgan fingerprint density at radius 2 is 0.935 bits per heavy atom. The van der Waals surface area contributed by atoms with Gasteiger partial charge in [0.05, 0.1) is 22.7 Å². The normalized spacial score (nSPS) is 12.0. The molecular formula is C26H20N6O12S2. The first-order chi connectivity index (χ1) is 21.5. The molecule has 0 saturated carbocycles. The maximum Gasteiger partial charge on any atom is 0.339 e. The average Bonchev–Trinajstić information content (AvgIpc) is 2.97. The van der Waals surface area contributed by atoms with Gasteiger partial charge >= 0.3 is 11.9 Å². The molecule has 20 heteroatoms. The number of hydrogen-bond acceptors (Lipinski definition) is 12. The number of carboxylic acids is 2. The molecule has 0 fully saturated rings. The van der Waals surface area contributed by atoms with Crippen molar-refractivity contribution < 1.29 is 56.0 Å². The van der Waals surface area contributed by atoms with Crippen LogP contribution in [0.15, 0.2) is 103 Å². The molecule has 0 aliphatic heterocycles. The average molecular weight is 673 g/mol. The molecule has 0 radical (unpaired) electrons. The van der Waals surface area contributed by atoms with Crippen LogP contribution in [0.4, 0.5) is 22.7 Å². The van der Waals surface area contributed by atoms with E-state index in [4.69, 9.17) is 10.2 Å². The lowest BCUT2D eigenvalue weighted by Crippen LogP contribution is -2.06. The molecule has 0 atom stereocenters. The highest BCUT2D eigenvalue weighted by Crippen LogP contribution is 2.36. The summed E-state index contributed by atoms with van der Waals surface area (Å²) in [6, 6.07) is 13.2. The van der Waals surface area contributed by atoms with Gasteiger partial charge in [-0.2, -0.15) is 16.8 Å². The molecule has 0 amide bonds. The Bertz CT molecular complexity index is 2000. The number of rotatable bonds is 11. The molecule has 4 aromatic carbocycles. The molecule has 0 unspecified atom stereocenters. The quantitative estimate of drug-likeness (QED) is 0.0598.